The summed E-state index contributed by atoms with van der Waals surface area (Å²) in [5.41, 5.74) is 1.19. The number of aliphatic hydroxyl groups is 2. The van der Waals surface area contributed by atoms with E-state index in [-0.39, 0.29) is 6.10 Å². The highest BCUT2D eigenvalue weighted by molar-refractivity contribution is 5.27. The van der Waals surface area contributed by atoms with Crippen LogP contribution in [0.25, 0.3) is 0 Å². The molecule has 21 heavy (non-hydrogen) atoms. The summed E-state index contributed by atoms with van der Waals surface area (Å²) >= 11 is 0. The summed E-state index contributed by atoms with van der Waals surface area (Å²) in [5, 5.41) is 19.9. The lowest BCUT2D eigenvalue weighted by Crippen LogP contribution is -2.18. The zero-order valence-electron chi connectivity index (χ0n) is 13.4. The molecule has 0 saturated carbocycles. The molecule has 0 bridgehead atoms. The van der Waals surface area contributed by atoms with Crippen molar-refractivity contribution >= 4 is 0 Å². The molecule has 120 valence electrons. The summed E-state index contributed by atoms with van der Waals surface area (Å²) in [4.78, 5) is 0. The molecule has 0 spiro atoms. The lowest BCUT2D eigenvalue weighted by atomic mass is 10.00. The van der Waals surface area contributed by atoms with Crippen molar-refractivity contribution in [3.8, 4) is 5.75 Å². The topological polar surface area (TPSA) is 49.7 Å². The molecule has 0 amide bonds. The fourth-order valence-corrected chi connectivity index (χ4v) is 2.48. The number of ether oxygens (including phenoxy) is 1. The minimum Gasteiger partial charge on any atom is -0.497 e. The summed E-state index contributed by atoms with van der Waals surface area (Å²) < 4.78 is 5.12. The molecule has 0 radical (unpaired) electrons. The first-order valence-corrected chi connectivity index (χ1v) is 8.14. The summed E-state index contributed by atoms with van der Waals surface area (Å²) in [6.07, 6.45) is 6.69. The van der Waals surface area contributed by atoms with Crippen LogP contribution in [0.4, 0.5) is 0 Å². The van der Waals surface area contributed by atoms with E-state index in [0.29, 0.717) is 12.8 Å². The Kier molecular flexibility index (Phi) is 9.11. The van der Waals surface area contributed by atoms with Crippen LogP contribution in [0, 0.1) is 0 Å². The minimum absolute atomic E-state index is 0.368. The van der Waals surface area contributed by atoms with E-state index in [2.05, 4.69) is 6.92 Å². The molecule has 1 aromatic carbocycles. The molecule has 2 N–H and O–H groups in total. The average molecular weight is 294 g/mol. The zero-order chi connectivity index (χ0) is 15.5. The van der Waals surface area contributed by atoms with Gasteiger partial charge < -0.3 is 14.9 Å². The van der Waals surface area contributed by atoms with Gasteiger partial charge in [0.15, 0.2) is 0 Å². The molecule has 2 atom stereocenters. The van der Waals surface area contributed by atoms with Crippen LogP contribution < -0.4 is 4.74 Å². The van der Waals surface area contributed by atoms with Crippen molar-refractivity contribution in [3.63, 3.8) is 0 Å². The maximum atomic E-state index is 10.00. The fourth-order valence-electron chi connectivity index (χ4n) is 2.48. The summed E-state index contributed by atoms with van der Waals surface area (Å²) in [5.74, 6) is 0.849. The van der Waals surface area contributed by atoms with E-state index in [4.69, 9.17) is 4.74 Å². The zero-order valence-corrected chi connectivity index (χ0v) is 13.4. The van der Waals surface area contributed by atoms with E-state index < -0.39 is 6.10 Å². The fraction of sp³-hybridized carbons (Fsp3) is 0.667. The number of hydrogen-bond donors (Lipinski definition) is 2. The molecule has 0 fully saturated rings. The van der Waals surface area contributed by atoms with Gasteiger partial charge in [-0.1, -0.05) is 44.7 Å². The van der Waals surface area contributed by atoms with Gasteiger partial charge in [-0.3, -0.25) is 0 Å². The van der Waals surface area contributed by atoms with Crippen molar-refractivity contribution in [1.82, 2.24) is 0 Å². The van der Waals surface area contributed by atoms with Gasteiger partial charge in [-0.05, 0) is 43.4 Å². The molecule has 0 aromatic heterocycles. The quantitative estimate of drug-likeness (QED) is 0.612. The van der Waals surface area contributed by atoms with Gasteiger partial charge in [-0.2, -0.15) is 0 Å². The van der Waals surface area contributed by atoms with Gasteiger partial charge in [0.05, 0.1) is 19.3 Å². The molecule has 0 aliphatic heterocycles. The second kappa shape index (κ2) is 10.6. The number of rotatable bonds is 11. The van der Waals surface area contributed by atoms with Crippen LogP contribution >= 0.6 is 0 Å². The van der Waals surface area contributed by atoms with E-state index in [1.54, 1.807) is 7.11 Å². The van der Waals surface area contributed by atoms with Crippen LogP contribution in [0.5, 0.6) is 5.75 Å². The molecular formula is C18H30O3. The normalized spacial score (nSPS) is 13.9. The number of benzene rings is 1. The van der Waals surface area contributed by atoms with E-state index in [1.807, 2.05) is 24.3 Å². The van der Waals surface area contributed by atoms with E-state index >= 15 is 0 Å². The predicted octanol–water partition coefficient (Wildman–Crippen LogP) is 3.71. The molecular weight excluding hydrogens is 264 g/mol. The highest BCUT2D eigenvalue weighted by atomic mass is 16.5. The Balaban J connectivity index is 2.18. The van der Waals surface area contributed by atoms with Crippen molar-refractivity contribution < 1.29 is 14.9 Å². The Morgan fingerprint density at radius 3 is 2.24 bits per heavy atom. The Labute approximate surface area is 129 Å². The van der Waals surface area contributed by atoms with Gasteiger partial charge in [0.2, 0.25) is 0 Å². The highest BCUT2D eigenvalue weighted by Crippen LogP contribution is 2.16. The van der Waals surface area contributed by atoms with E-state index in [0.717, 1.165) is 25.0 Å². The first kappa shape index (κ1) is 18.0. The summed E-state index contributed by atoms with van der Waals surface area (Å²) in [6.45, 7) is 2.18. The first-order valence-electron chi connectivity index (χ1n) is 8.14. The lowest BCUT2D eigenvalue weighted by molar-refractivity contribution is 0.0697. The molecule has 0 aliphatic carbocycles. The van der Waals surface area contributed by atoms with Crippen LogP contribution in [-0.2, 0) is 6.42 Å². The van der Waals surface area contributed by atoms with Gasteiger partial charge in [0.1, 0.15) is 5.75 Å². The Morgan fingerprint density at radius 2 is 1.62 bits per heavy atom. The maximum Gasteiger partial charge on any atom is 0.118 e. The third-order valence-corrected chi connectivity index (χ3v) is 3.86. The molecule has 3 nitrogen and oxygen atoms in total. The molecule has 1 aromatic rings. The van der Waals surface area contributed by atoms with Crippen molar-refractivity contribution in [1.29, 1.82) is 0 Å². The number of methoxy groups -OCH3 is 1. The van der Waals surface area contributed by atoms with Crippen LogP contribution in [0.3, 0.4) is 0 Å². The van der Waals surface area contributed by atoms with Gasteiger partial charge in [0, 0.05) is 0 Å². The van der Waals surface area contributed by atoms with Crippen LogP contribution in [-0.4, -0.2) is 29.5 Å². The standard InChI is InChI=1S/C18H30O3/c1-3-4-5-6-7-16(19)14-17(20)11-8-15-9-12-18(21-2)13-10-15/h9-10,12-13,16-17,19-20H,3-8,11,14H2,1-2H3/t16-,17-/m1/s1. The third-order valence-electron chi connectivity index (χ3n) is 3.86. The van der Waals surface area contributed by atoms with Crippen LogP contribution in [0.1, 0.15) is 57.4 Å². The van der Waals surface area contributed by atoms with Crippen molar-refractivity contribution in [2.75, 3.05) is 7.11 Å². The summed E-state index contributed by atoms with van der Waals surface area (Å²) in [6, 6.07) is 7.91. The molecule has 0 heterocycles. The number of aryl methyl sites for hydroxylation is 1. The second-order valence-electron chi connectivity index (χ2n) is 5.78. The van der Waals surface area contributed by atoms with Crippen molar-refractivity contribution in [2.45, 2.75) is 70.5 Å². The van der Waals surface area contributed by atoms with E-state index in [1.165, 1.54) is 24.8 Å². The Morgan fingerprint density at radius 1 is 0.952 bits per heavy atom. The minimum atomic E-state index is -0.423. The molecule has 0 aliphatic rings. The van der Waals surface area contributed by atoms with Crippen molar-refractivity contribution in [2.24, 2.45) is 0 Å². The van der Waals surface area contributed by atoms with Crippen LogP contribution in [0.2, 0.25) is 0 Å². The van der Waals surface area contributed by atoms with Crippen molar-refractivity contribution in [3.05, 3.63) is 29.8 Å². The monoisotopic (exact) mass is 294 g/mol. The smallest absolute Gasteiger partial charge is 0.118 e. The third kappa shape index (κ3) is 8.08. The average Bonchev–Trinajstić information content (AvgIpc) is 2.50. The molecule has 1 rings (SSSR count). The van der Waals surface area contributed by atoms with Gasteiger partial charge in [-0.25, -0.2) is 0 Å². The summed E-state index contributed by atoms with van der Waals surface area (Å²) in [7, 11) is 1.65. The second-order valence-corrected chi connectivity index (χ2v) is 5.78. The lowest BCUT2D eigenvalue weighted by Gasteiger charge is -2.15. The molecule has 0 saturated heterocycles. The van der Waals surface area contributed by atoms with E-state index in [9.17, 15) is 10.2 Å². The number of hydrogen-bond acceptors (Lipinski definition) is 3. The van der Waals surface area contributed by atoms with Gasteiger partial charge in [0.25, 0.3) is 0 Å². The first-order chi connectivity index (χ1) is 10.2. The maximum absolute atomic E-state index is 10.00. The SMILES string of the molecule is CCCCCC[C@@H](O)C[C@H](O)CCc1ccc(OC)cc1. The Bertz CT molecular complexity index is 361. The number of unbranched alkanes of at least 4 members (excludes halogenated alkanes) is 3. The largest absolute Gasteiger partial charge is 0.497 e. The predicted molar refractivity (Wildman–Crippen MR) is 86.7 cm³/mol. The molecule has 0 unspecified atom stereocenters. The van der Waals surface area contributed by atoms with Gasteiger partial charge >= 0.3 is 0 Å². The van der Waals surface area contributed by atoms with Crippen LogP contribution in [0.15, 0.2) is 24.3 Å². The van der Waals surface area contributed by atoms with Gasteiger partial charge in [-0.15, -0.1) is 0 Å². The highest BCUT2D eigenvalue weighted by Gasteiger charge is 2.11. The number of aliphatic hydroxyl groups excluding tert-OH is 2. The Hall–Kier alpha value is -1.06. The molecule has 3 heteroatoms.